The smallest absolute Gasteiger partial charge is 0.251 e. The summed E-state index contributed by atoms with van der Waals surface area (Å²) in [5, 5.41) is 2.96. The van der Waals surface area contributed by atoms with Crippen molar-refractivity contribution < 1.29 is 4.79 Å². The van der Waals surface area contributed by atoms with Gasteiger partial charge >= 0.3 is 0 Å². The van der Waals surface area contributed by atoms with Gasteiger partial charge < -0.3 is 11.1 Å². The number of hydrogen-bond acceptors (Lipinski definition) is 2. The maximum atomic E-state index is 11.8. The first-order valence-electron chi connectivity index (χ1n) is 6.39. The van der Waals surface area contributed by atoms with Crippen LogP contribution >= 0.6 is 12.4 Å². The largest absolute Gasteiger partial charge is 0.399 e. The topological polar surface area (TPSA) is 55.1 Å². The fraction of sp³-hybridized carbons (Fsp3) is 0.500. The van der Waals surface area contributed by atoms with Crippen molar-refractivity contribution in [1.82, 2.24) is 5.32 Å². The van der Waals surface area contributed by atoms with Crippen LogP contribution in [-0.4, -0.2) is 12.5 Å². The number of carbonyl (C=O) groups excluding carboxylic acids is 1. The summed E-state index contributed by atoms with van der Waals surface area (Å²) in [4.78, 5) is 11.8. The molecule has 18 heavy (non-hydrogen) atoms. The van der Waals surface area contributed by atoms with Gasteiger partial charge in [-0.3, -0.25) is 4.79 Å². The molecule has 2 rings (SSSR count). The van der Waals surface area contributed by atoms with Crippen LogP contribution in [0, 0.1) is 5.92 Å². The number of rotatable bonds is 4. The third kappa shape index (κ3) is 4.22. The predicted octanol–water partition coefficient (Wildman–Crippen LogP) is 3.00. The van der Waals surface area contributed by atoms with E-state index in [9.17, 15) is 4.79 Å². The second-order valence-corrected chi connectivity index (χ2v) is 4.82. The summed E-state index contributed by atoms with van der Waals surface area (Å²) in [6.45, 7) is 0.776. The van der Waals surface area contributed by atoms with Gasteiger partial charge in [-0.2, -0.15) is 0 Å². The summed E-state index contributed by atoms with van der Waals surface area (Å²) in [7, 11) is 0. The van der Waals surface area contributed by atoms with E-state index in [2.05, 4.69) is 5.32 Å². The second kappa shape index (κ2) is 7.27. The van der Waals surface area contributed by atoms with Crippen molar-refractivity contribution in [3.8, 4) is 0 Å². The zero-order valence-electron chi connectivity index (χ0n) is 10.5. The Morgan fingerprint density at radius 1 is 1.33 bits per heavy atom. The number of benzene rings is 1. The Balaban J connectivity index is 0.00000162. The molecule has 0 atom stereocenters. The number of hydrogen-bond donors (Lipinski definition) is 2. The third-order valence-corrected chi connectivity index (χ3v) is 3.46. The van der Waals surface area contributed by atoms with Gasteiger partial charge in [-0.05, 0) is 30.5 Å². The van der Waals surface area contributed by atoms with E-state index in [1.165, 1.54) is 25.7 Å². The molecule has 4 heteroatoms. The van der Waals surface area contributed by atoms with E-state index in [-0.39, 0.29) is 18.3 Å². The van der Waals surface area contributed by atoms with Crippen LogP contribution in [0.2, 0.25) is 0 Å². The first-order chi connectivity index (χ1) is 8.25. The Morgan fingerprint density at radius 3 is 2.72 bits per heavy atom. The lowest BCUT2D eigenvalue weighted by atomic mass is 10.0. The predicted molar refractivity (Wildman–Crippen MR) is 77.0 cm³/mol. The molecule has 0 spiro atoms. The van der Waals surface area contributed by atoms with E-state index in [4.69, 9.17) is 5.73 Å². The molecule has 1 fully saturated rings. The van der Waals surface area contributed by atoms with Crippen LogP contribution < -0.4 is 11.1 Å². The van der Waals surface area contributed by atoms with Crippen molar-refractivity contribution in [1.29, 1.82) is 0 Å². The van der Waals surface area contributed by atoms with Gasteiger partial charge in [0.25, 0.3) is 5.91 Å². The minimum Gasteiger partial charge on any atom is -0.399 e. The van der Waals surface area contributed by atoms with Crippen molar-refractivity contribution in [3.63, 3.8) is 0 Å². The number of carbonyl (C=O) groups is 1. The van der Waals surface area contributed by atoms with Gasteiger partial charge in [0.05, 0.1) is 0 Å². The van der Waals surface area contributed by atoms with Crippen molar-refractivity contribution in [2.75, 3.05) is 12.3 Å². The number of amides is 1. The highest BCUT2D eigenvalue weighted by atomic mass is 35.5. The van der Waals surface area contributed by atoms with Gasteiger partial charge in [0.1, 0.15) is 0 Å². The first-order valence-corrected chi connectivity index (χ1v) is 6.39. The molecule has 1 aliphatic carbocycles. The SMILES string of the molecule is Cl.Nc1cccc(C(=O)NCCC2CCCC2)c1. The Kier molecular flexibility index (Phi) is 5.99. The zero-order valence-corrected chi connectivity index (χ0v) is 11.3. The summed E-state index contributed by atoms with van der Waals surface area (Å²) >= 11 is 0. The average molecular weight is 269 g/mol. The van der Waals surface area contributed by atoms with Crippen molar-refractivity contribution in [2.45, 2.75) is 32.1 Å². The molecule has 1 aliphatic rings. The Bertz CT molecular complexity index is 389. The van der Waals surface area contributed by atoms with Gasteiger partial charge in [0.2, 0.25) is 0 Å². The lowest BCUT2D eigenvalue weighted by Crippen LogP contribution is -2.25. The van der Waals surface area contributed by atoms with Crippen LogP contribution in [0.5, 0.6) is 0 Å². The van der Waals surface area contributed by atoms with Crippen LogP contribution in [0.1, 0.15) is 42.5 Å². The van der Waals surface area contributed by atoms with E-state index < -0.39 is 0 Å². The van der Waals surface area contributed by atoms with Gasteiger partial charge in [0.15, 0.2) is 0 Å². The molecule has 1 saturated carbocycles. The van der Waals surface area contributed by atoms with E-state index in [0.29, 0.717) is 11.3 Å². The monoisotopic (exact) mass is 268 g/mol. The molecule has 100 valence electrons. The molecule has 0 radical (unpaired) electrons. The van der Waals surface area contributed by atoms with Crippen LogP contribution in [0.4, 0.5) is 5.69 Å². The van der Waals surface area contributed by atoms with E-state index in [0.717, 1.165) is 18.9 Å². The first kappa shape index (κ1) is 14.8. The fourth-order valence-electron chi connectivity index (χ4n) is 2.47. The molecule has 0 bridgehead atoms. The molecular formula is C14H21ClN2O. The molecule has 1 amide bonds. The van der Waals surface area contributed by atoms with Gasteiger partial charge in [-0.25, -0.2) is 0 Å². The minimum absolute atomic E-state index is 0. The standard InChI is InChI=1S/C14H20N2O.ClH/c15-13-7-3-6-12(10-13)14(17)16-9-8-11-4-1-2-5-11;/h3,6-7,10-11H,1-2,4-5,8-9,15H2,(H,16,17);1H. The molecule has 3 N–H and O–H groups in total. The van der Waals surface area contributed by atoms with Crippen molar-refractivity contribution in [3.05, 3.63) is 29.8 Å². The number of nitrogen functional groups attached to an aromatic ring is 1. The molecule has 0 unspecified atom stereocenters. The van der Waals surface area contributed by atoms with E-state index >= 15 is 0 Å². The number of nitrogens with one attached hydrogen (secondary N) is 1. The summed E-state index contributed by atoms with van der Waals surface area (Å²) in [5.74, 6) is 0.798. The van der Waals surface area contributed by atoms with Crippen molar-refractivity contribution in [2.24, 2.45) is 5.92 Å². The average Bonchev–Trinajstić information content (AvgIpc) is 2.82. The van der Waals surface area contributed by atoms with Gasteiger partial charge in [-0.15, -0.1) is 12.4 Å². The Morgan fingerprint density at radius 2 is 2.06 bits per heavy atom. The van der Waals surface area contributed by atoms with E-state index in [1.54, 1.807) is 24.3 Å². The van der Waals surface area contributed by atoms with Crippen molar-refractivity contribution >= 4 is 24.0 Å². The van der Waals surface area contributed by atoms with E-state index in [1.807, 2.05) is 0 Å². The van der Waals surface area contributed by atoms with Crippen LogP contribution in [0.25, 0.3) is 0 Å². The summed E-state index contributed by atoms with van der Waals surface area (Å²) in [6.07, 6.45) is 6.47. The molecule has 0 heterocycles. The highest BCUT2D eigenvalue weighted by molar-refractivity contribution is 5.94. The van der Waals surface area contributed by atoms with Crippen LogP contribution in [0.3, 0.4) is 0 Å². The number of nitrogens with two attached hydrogens (primary N) is 1. The zero-order chi connectivity index (χ0) is 12.1. The van der Waals surface area contributed by atoms with Crippen LogP contribution in [0.15, 0.2) is 24.3 Å². The summed E-state index contributed by atoms with van der Waals surface area (Å²) in [5.41, 5.74) is 6.93. The molecule has 0 aliphatic heterocycles. The highest BCUT2D eigenvalue weighted by Gasteiger charge is 2.14. The Hall–Kier alpha value is -1.22. The molecular weight excluding hydrogens is 248 g/mol. The molecule has 1 aromatic rings. The normalized spacial score (nSPS) is 15.1. The highest BCUT2D eigenvalue weighted by Crippen LogP contribution is 2.26. The summed E-state index contributed by atoms with van der Waals surface area (Å²) in [6, 6.07) is 7.10. The molecule has 0 saturated heterocycles. The van der Waals surface area contributed by atoms with Gasteiger partial charge in [-0.1, -0.05) is 31.7 Å². The summed E-state index contributed by atoms with van der Waals surface area (Å²) < 4.78 is 0. The maximum absolute atomic E-state index is 11.8. The fourth-order valence-corrected chi connectivity index (χ4v) is 2.47. The van der Waals surface area contributed by atoms with Crippen LogP contribution in [-0.2, 0) is 0 Å². The second-order valence-electron chi connectivity index (χ2n) is 4.82. The lowest BCUT2D eigenvalue weighted by Gasteiger charge is -2.10. The molecule has 3 nitrogen and oxygen atoms in total. The van der Waals surface area contributed by atoms with Gasteiger partial charge in [0, 0.05) is 17.8 Å². The molecule has 1 aromatic carbocycles. The molecule has 0 aromatic heterocycles. The number of anilines is 1. The minimum atomic E-state index is -0.0182. The Labute approximate surface area is 115 Å². The maximum Gasteiger partial charge on any atom is 0.251 e. The lowest BCUT2D eigenvalue weighted by molar-refractivity contribution is 0.0951. The quantitative estimate of drug-likeness (QED) is 0.825. The number of halogens is 1. The third-order valence-electron chi connectivity index (χ3n) is 3.46.